The molecule has 0 aliphatic carbocycles. The lowest BCUT2D eigenvalue weighted by Crippen LogP contribution is -2.22. The number of nitriles is 1. The molecule has 0 aromatic carbocycles. The van der Waals surface area contributed by atoms with Gasteiger partial charge in [-0.3, -0.25) is 0 Å². The average molecular weight is 239 g/mol. The van der Waals surface area contributed by atoms with Gasteiger partial charge in [0.05, 0.1) is 0 Å². The molecular weight excluding hydrogens is 226 g/mol. The fourth-order valence-electron chi connectivity index (χ4n) is 0.736. The quantitative estimate of drug-likeness (QED) is 0.463. The van der Waals surface area contributed by atoms with E-state index in [1.165, 1.54) is 11.3 Å². The molecule has 1 heterocycles. The zero-order valence-electron chi connectivity index (χ0n) is 9.24. The summed E-state index contributed by atoms with van der Waals surface area (Å²) >= 11 is 1.40. The lowest BCUT2D eigenvalue weighted by atomic mass is 10.4. The Balaban J connectivity index is 2.77. The van der Waals surface area contributed by atoms with Gasteiger partial charge in [-0.05, 0) is 26.6 Å². The van der Waals surface area contributed by atoms with Crippen LogP contribution in [0.1, 0.15) is 17.6 Å². The van der Waals surface area contributed by atoms with Gasteiger partial charge >= 0.3 is 0 Å². The maximum atomic E-state index is 8.62. The second-order valence-electron chi connectivity index (χ2n) is 4.03. The van der Waals surface area contributed by atoms with E-state index in [0.29, 0.717) is 5.69 Å². The monoisotopic (exact) mass is 239 g/mol. The highest BCUT2D eigenvalue weighted by molar-refractivity contribution is 7.11. The van der Waals surface area contributed by atoms with Crippen molar-refractivity contribution in [2.45, 2.75) is 26.6 Å². The van der Waals surface area contributed by atoms with E-state index in [9.17, 15) is 0 Å². The van der Waals surface area contributed by atoms with Crippen molar-refractivity contribution in [3.05, 3.63) is 16.1 Å². The van der Waals surface area contributed by atoms with E-state index >= 15 is 0 Å². The summed E-state index contributed by atoms with van der Waals surface area (Å²) in [4.78, 5) is 4.09. The molecule has 15 heavy (non-hydrogen) atoms. The van der Waals surface area contributed by atoms with Crippen LogP contribution in [0.15, 0.2) is 10.5 Å². The first-order valence-electron chi connectivity index (χ1n) is 4.51. The number of oxime groups is 1. The largest absolute Gasteiger partial charge is 0.455 e. The Morgan fingerprint density at radius 1 is 1.60 bits per heavy atom. The molecule has 80 valence electrons. The van der Waals surface area contributed by atoms with Crippen LogP contribution in [0.25, 0.3) is 0 Å². The van der Waals surface area contributed by atoms with Gasteiger partial charge < -0.3 is 4.53 Å². The van der Waals surface area contributed by atoms with E-state index in [4.69, 9.17) is 9.79 Å². The smallest absolute Gasteiger partial charge is 0.278 e. The molecule has 0 spiro atoms. The van der Waals surface area contributed by atoms with Gasteiger partial charge in [0.1, 0.15) is 16.8 Å². The van der Waals surface area contributed by atoms with Crippen LogP contribution in [0.4, 0.5) is 0 Å². The second kappa shape index (κ2) is 4.55. The molecule has 0 radical (unpaired) electrons. The van der Waals surface area contributed by atoms with E-state index in [-0.39, 0.29) is 0 Å². The van der Waals surface area contributed by atoms with E-state index in [1.807, 2.05) is 13.0 Å². The molecule has 0 aliphatic rings. The highest BCUT2D eigenvalue weighted by Gasteiger charge is 2.16. The SMILES string of the molecule is CC(=NO[Si](C)(C)C)c1nc(C#N)cs1. The summed E-state index contributed by atoms with van der Waals surface area (Å²) in [7, 11) is -1.63. The molecule has 0 saturated heterocycles. The first-order valence-corrected chi connectivity index (χ1v) is 8.80. The average Bonchev–Trinajstić information content (AvgIpc) is 2.61. The third kappa shape index (κ3) is 3.81. The van der Waals surface area contributed by atoms with Crippen molar-refractivity contribution in [2.75, 3.05) is 0 Å². The lowest BCUT2D eigenvalue weighted by Gasteiger charge is -2.12. The maximum Gasteiger partial charge on any atom is 0.278 e. The summed E-state index contributed by atoms with van der Waals surface area (Å²) in [5.74, 6) is 0. The van der Waals surface area contributed by atoms with Crippen LogP contribution in [-0.2, 0) is 4.53 Å². The summed E-state index contributed by atoms with van der Waals surface area (Å²) in [6.45, 7) is 8.02. The number of hydrogen-bond acceptors (Lipinski definition) is 5. The summed E-state index contributed by atoms with van der Waals surface area (Å²) in [5.41, 5.74) is 1.15. The summed E-state index contributed by atoms with van der Waals surface area (Å²) in [6, 6.07) is 1.99. The van der Waals surface area contributed by atoms with Gasteiger partial charge in [0.2, 0.25) is 0 Å². The standard InChI is InChI=1S/C9H13N3OSSi/c1-7(12-13-15(2,3)4)9-11-8(5-10)6-14-9/h6H,1-4H3. The minimum absolute atomic E-state index is 0.428. The van der Waals surface area contributed by atoms with Crippen LogP contribution in [0.2, 0.25) is 19.6 Å². The summed E-state index contributed by atoms with van der Waals surface area (Å²) in [6.07, 6.45) is 0. The number of nitrogens with zero attached hydrogens (tertiary/aromatic N) is 3. The fourth-order valence-corrected chi connectivity index (χ4v) is 1.83. The van der Waals surface area contributed by atoms with Gasteiger partial charge in [-0.2, -0.15) is 5.26 Å². The molecule has 0 amide bonds. The molecule has 1 aromatic rings. The Kier molecular flexibility index (Phi) is 3.60. The van der Waals surface area contributed by atoms with Crippen LogP contribution in [0, 0.1) is 11.3 Å². The highest BCUT2D eigenvalue weighted by Crippen LogP contribution is 2.11. The molecular formula is C9H13N3OSSi. The molecule has 1 rings (SSSR count). The van der Waals surface area contributed by atoms with Crippen LogP contribution in [-0.4, -0.2) is 19.0 Å². The van der Waals surface area contributed by atoms with Crippen molar-refractivity contribution in [2.24, 2.45) is 5.16 Å². The summed E-state index contributed by atoms with van der Waals surface area (Å²) in [5, 5.41) is 15.1. The van der Waals surface area contributed by atoms with Crippen molar-refractivity contribution in [1.29, 1.82) is 5.26 Å². The normalized spacial score (nSPS) is 12.3. The van der Waals surface area contributed by atoms with Gasteiger partial charge in [0.15, 0.2) is 5.69 Å². The number of rotatable bonds is 3. The second-order valence-corrected chi connectivity index (χ2v) is 9.30. The van der Waals surface area contributed by atoms with Crippen molar-refractivity contribution < 1.29 is 4.53 Å². The van der Waals surface area contributed by atoms with Gasteiger partial charge in [0, 0.05) is 5.38 Å². The number of aromatic nitrogens is 1. The van der Waals surface area contributed by atoms with Crippen LogP contribution < -0.4 is 0 Å². The first-order chi connectivity index (χ1) is 6.92. The third-order valence-corrected chi connectivity index (χ3v) is 2.97. The zero-order valence-corrected chi connectivity index (χ0v) is 11.1. The fraction of sp³-hybridized carbons (Fsp3) is 0.444. The number of hydrogen-bond donors (Lipinski definition) is 0. The zero-order chi connectivity index (χ0) is 11.5. The van der Waals surface area contributed by atoms with Gasteiger partial charge in [-0.15, -0.1) is 16.5 Å². The molecule has 0 atom stereocenters. The molecule has 0 N–H and O–H groups in total. The van der Waals surface area contributed by atoms with E-state index in [1.54, 1.807) is 5.38 Å². The van der Waals surface area contributed by atoms with Crippen LogP contribution in [0.5, 0.6) is 0 Å². The molecule has 0 fully saturated rings. The Labute approximate surface area is 94.3 Å². The lowest BCUT2D eigenvalue weighted by molar-refractivity contribution is 0.335. The molecule has 0 unspecified atom stereocenters. The van der Waals surface area contributed by atoms with Gasteiger partial charge in [-0.1, -0.05) is 0 Å². The van der Waals surface area contributed by atoms with Crippen molar-refractivity contribution in [1.82, 2.24) is 4.98 Å². The Morgan fingerprint density at radius 3 is 2.73 bits per heavy atom. The minimum Gasteiger partial charge on any atom is -0.455 e. The third-order valence-electron chi connectivity index (χ3n) is 1.38. The van der Waals surface area contributed by atoms with Crippen molar-refractivity contribution in [3.63, 3.8) is 0 Å². The molecule has 0 aliphatic heterocycles. The topological polar surface area (TPSA) is 58.3 Å². The Morgan fingerprint density at radius 2 is 2.27 bits per heavy atom. The minimum atomic E-state index is -1.63. The van der Waals surface area contributed by atoms with E-state index in [0.717, 1.165) is 10.7 Å². The maximum absolute atomic E-state index is 8.62. The predicted octanol–water partition coefficient (Wildman–Crippen LogP) is 2.59. The van der Waals surface area contributed by atoms with Gasteiger partial charge in [-0.25, -0.2) is 4.98 Å². The molecule has 0 saturated carbocycles. The van der Waals surface area contributed by atoms with E-state index < -0.39 is 8.32 Å². The van der Waals surface area contributed by atoms with Crippen LogP contribution >= 0.6 is 11.3 Å². The van der Waals surface area contributed by atoms with Crippen LogP contribution in [0.3, 0.4) is 0 Å². The molecule has 1 aromatic heterocycles. The number of thiazole rings is 1. The molecule has 6 heteroatoms. The van der Waals surface area contributed by atoms with E-state index in [2.05, 4.69) is 29.8 Å². The highest BCUT2D eigenvalue weighted by atomic mass is 32.1. The van der Waals surface area contributed by atoms with Crippen molar-refractivity contribution >= 4 is 25.4 Å². The predicted molar refractivity (Wildman–Crippen MR) is 63.5 cm³/mol. The summed E-state index contributed by atoms with van der Waals surface area (Å²) < 4.78 is 5.40. The molecule has 0 bridgehead atoms. The van der Waals surface area contributed by atoms with Crippen molar-refractivity contribution in [3.8, 4) is 6.07 Å². The first kappa shape index (κ1) is 11.9. The molecule has 4 nitrogen and oxygen atoms in total. The van der Waals surface area contributed by atoms with Gasteiger partial charge in [0.25, 0.3) is 8.32 Å². The Hall–Kier alpha value is -1.19. The Bertz CT molecular complexity index is 414.